The molecule has 0 saturated carbocycles. The molecule has 0 aliphatic heterocycles. The average molecular weight is 419 g/mol. The summed E-state index contributed by atoms with van der Waals surface area (Å²) in [5.74, 6) is 0.268. The van der Waals surface area contributed by atoms with Gasteiger partial charge in [-0.15, -0.1) is 0 Å². The molecule has 0 bridgehead atoms. The first kappa shape index (κ1) is 18.0. The molecule has 3 aromatic rings. The molecule has 2 aromatic carbocycles. The summed E-state index contributed by atoms with van der Waals surface area (Å²) in [4.78, 5) is 24.3. The minimum Gasteiger partial charge on any atom is -0.493 e. The molecule has 0 unspecified atom stereocenters. The molecular formula is C19H15BrO6. The number of benzene rings is 2. The van der Waals surface area contributed by atoms with E-state index in [1.807, 2.05) is 0 Å². The summed E-state index contributed by atoms with van der Waals surface area (Å²) in [6.07, 6.45) is 0. The van der Waals surface area contributed by atoms with E-state index in [0.717, 1.165) is 0 Å². The minimum absolute atomic E-state index is 0.130. The SMILES string of the molecule is COc1cc(-c2oc3ccccc3c(=O)c2OC(C)=O)cc(Br)c1OC. The van der Waals surface area contributed by atoms with Crippen molar-refractivity contribution >= 4 is 32.9 Å². The predicted molar refractivity (Wildman–Crippen MR) is 100 cm³/mol. The Morgan fingerprint density at radius 1 is 1.08 bits per heavy atom. The highest BCUT2D eigenvalue weighted by Crippen LogP contribution is 2.41. The number of carbonyl (C=O) groups excluding carboxylic acids is 1. The normalized spacial score (nSPS) is 10.6. The Kier molecular flexibility index (Phi) is 4.99. The van der Waals surface area contributed by atoms with E-state index in [1.165, 1.54) is 21.1 Å². The standard InChI is InChI=1S/C19H15BrO6/c1-10(21)25-19-16(22)12-6-4-5-7-14(12)26-17(19)11-8-13(20)18(24-3)15(9-11)23-2/h4-9H,1-3H3. The van der Waals surface area contributed by atoms with Gasteiger partial charge in [-0.05, 0) is 40.2 Å². The summed E-state index contributed by atoms with van der Waals surface area (Å²) < 4.78 is 22.3. The monoisotopic (exact) mass is 418 g/mol. The number of fused-ring (bicyclic) bond motifs is 1. The van der Waals surface area contributed by atoms with Gasteiger partial charge in [-0.1, -0.05) is 12.1 Å². The van der Waals surface area contributed by atoms with Crippen LogP contribution < -0.4 is 19.6 Å². The van der Waals surface area contributed by atoms with Crippen molar-refractivity contribution in [2.75, 3.05) is 14.2 Å². The number of hydrogen-bond donors (Lipinski definition) is 0. The summed E-state index contributed by atoms with van der Waals surface area (Å²) in [6, 6.07) is 10.1. The maximum atomic E-state index is 12.8. The summed E-state index contributed by atoms with van der Waals surface area (Å²) in [6.45, 7) is 1.23. The Balaban J connectivity index is 2.35. The lowest BCUT2D eigenvalue weighted by Crippen LogP contribution is -2.13. The second kappa shape index (κ2) is 7.21. The molecule has 6 nitrogen and oxygen atoms in total. The fourth-order valence-corrected chi connectivity index (χ4v) is 3.20. The maximum Gasteiger partial charge on any atom is 0.308 e. The zero-order valence-corrected chi connectivity index (χ0v) is 15.9. The van der Waals surface area contributed by atoms with Gasteiger partial charge in [0.15, 0.2) is 17.3 Å². The molecule has 0 saturated heterocycles. The Hall–Kier alpha value is -2.80. The lowest BCUT2D eigenvalue weighted by atomic mass is 10.1. The van der Waals surface area contributed by atoms with Crippen LogP contribution in [0.3, 0.4) is 0 Å². The van der Waals surface area contributed by atoms with E-state index in [9.17, 15) is 9.59 Å². The third kappa shape index (κ3) is 3.17. The number of para-hydroxylation sites is 1. The van der Waals surface area contributed by atoms with Crippen LogP contribution in [0, 0.1) is 0 Å². The van der Waals surface area contributed by atoms with Crippen molar-refractivity contribution < 1.29 is 23.4 Å². The van der Waals surface area contributed by atoms with Crippen LogP contribution in [-0.4, -0.2) is 20.2 Å². The van der Waals surface area contributed by atoms with Gasteiger partial charge < -0.3 is 18.6 Å². The first-order valence-electron chi connectivity index (χ1n) is 7.62. The third-order valence-electron chi connectivity index (χ3n) is 3.70. The van der Waals surface area contributed by atoms with Gasteiger partial charge in [0.05, 0.1) is 24.1 Å². The van der Waals surface area contributed by atoms with Gasteiger partial charge in [0.25, 0.3) is 0 Å². The van der Waals surface area contributed by atoms with Gasteiger partial charge in [0.2, 0.25) is 11.2 Å². The molecule has 0 aliphatic carbocycles. The number of methoxy groups -OCH3 is 2. The van der Waals surface area contributed by atoms with Crippen molar-refractivity contribution in [1.29, 1.82) is 0 Å². The average Bonchev–Trinajstić information content (AvgIpc) is 2.62. The van der Waals surface area contributed by atoms with Crippen LogP contribution in [-0.2, 0) is 4.79 Å². The molecule has 0 fully saturated rings. The summed E-state index contributed by atoms with van der Waals surface area (Å²) in [7, 11) is 3.01. The maximum absolute atomic E-state index is 12.8. The van der Waals surface area contributed by atoms with Gasteiger partial charge >= 0.3 is 5.97 Å². The van der Waals surface area contributed by atoms with Gasteiger partial charge in [0, 0.05) is 12.5 Å². The van der Waals surface area contributed by atoms with Crippen molar-refractivity contribution in [3.63, 3.8) is 0 Å². The highest BCUT2D eigenvalue weighted by molar-refractivity contribution is 9.10. The van der Waals surface area contributed by atoms with E-state index in [-0.39, 0.29) is 11.5 Å². The van der Waals surface area contributed by atoms with Gasteiger partial charge in [-0.2, -0.15) is 0 Å². The van der Waals surface area contributed by atoms with Crippen LogP contribution >= 0.6 is 15.9 Å². The minimum atomic E-state index is -0.617. The number of ether oxygens (including phenoxy) is 3. The van der Waals surface area contributed by atoms with E-state index >= 15 is 0 Å². The lowest BCUT2D eigenvalue weighted by molar-refractivity contribution is -0.131. The van der Waals surface area contributed by atoms with Crippen LogP contribution in [0.5, 0.6) is 17.2 Å². The summed E-state index contributed by atoms with van der Waals surface area (Å²) in [5.41, 5.74) is 0.450. The van der Waals surface area contributed by atoms with E-state index < -0.39 is 11.4 Å². The Morgan fingerprint density at radius 2 is 1.81 bits per heavy atom. The molecular weight excluding hydrogens is 404 g/mol. The molecule has 0 radical (unpaired) electrons. The molecule has 0 spiro atoms. The molecule has 26 heavy (non-hydrogen) atoms. The zero-order valence-electron chi connectivity index (χ0n) is 14.3. The van der Waals surface area contributed by atoms with Crippen LogP contribution in [0.25, 0.3) is 22.3 Å². The van der Waals surface area contributed by atoms with Crippen molar-refractivity contribution in [2.24, 2.45) is 0 Å². The molecule has 7 heteroatoms. The molecule has 3 rings (SSSR count). The molecule has 1 aromatic heterocycles. The van der Waals surface area contributed by atoms with Crippen molar-refractivity contribution in [1.82, 2.24) is 0 Å². The lowest BCUT2D eigenvalue weighted by Gasteiger charge is -2.13. The molecule has 134 valence electrons. The van der Waals surface area contributed by atoms with Crippen molar-refractivity contribution in [3.8, 4) is 28.6 Å². The molecule has 0 atom stereocenters. The second-order valence-electron chi connectivity index (χ2n) is 5.37. The fraction of sp³-hybridized carbons (Fsp3) is 0.158. The number of hydrogen-bond acceptors (Lipinski definition) is 6. The number of halogens is 1. The number of rotatable bonds is 4. The highest BCUT2D eigenvalue weighted by Gasteiger charge is 2.21. The van der Waals surface area contributed by atoms with Crippen LogP contribution in [0.15, 0.2) is 50.1 Å². The summed E-state index contributed by atoms with van der Waals surface area (Å²) >= 11 is 3.41. The summed E-state index contributed by atoms with van der Waals surface area (Å²) in [5, 5.41) is 0.326. The molecule has 1 heterocycles. The number of esters is 1. The van der Waals surface area contributed by atoms with Gasteiger partial charge in [0.1, 0.15) is 5.58 Å². The number of carbonyl (C=O) groups is 1. The molecule has 0 aliphatic rings. The second-order valence-corrected chi connectivity index (χ2v) is 6.23. The molecule has 0 amide bonds. The van der Waals surface area contributed by atoms with Crippen LogP contribution in [0.1, 0.15) is 6.92 Å². The van der Waals surface area contributed by atoms with Crippen molar-refractivity contribution in [2.45, 2.75) is 6.92 Å². The zero-order chi connectivity index (χ0) is 18.8. The van der Waals surface area contributed by atoms with Gasteiger partial charge in [-0.3, -0.25) is 9.59 Å². The smallest absolute Gasteiger partial charge is 0.308 e. The quantitative estimate of drug-likeness (QED) is 0.592. The van der Waals surface area contributed by atoms with Crippen LogP contribution in [0.2, 0.25) is 0 Å². The van der Waals surface area contributed by atoms with E-state index in [0.29, 0.717) is 32.5 Å². The first-order valence-corrected chi connectivity index (χ1v) is 8.41. The fourth-order valence-electron chi connectivity index (χ4n) is 2.60. The van der Waals surface area contributed by atoms with E-state index in [2.05, 4.69) is 15.9 Å². The Bertz CT molecular complexity index is 1050. The predicted octanol–water partition coefficient (Wildman–Crippen LogP) is 4.17. The van der Waals surface area contributed by atoms with Crippen molar-refractivity contribution in [3.05, 3.63) is 51.1 Å². The van der Waals surface area contributed by atoms with Gasteiger partial charge in [-0.25, -0.2) is 0 Å². The third-order valence-corrected chi connectivity index (χ3v) is 4.29. The van der Waals surface area contributed by atoms with E-state index in [4.69, 9.17) is 18.6 Å². The topological polar surface area (TPSA) is 75.0 Å². The first-order chi connectivity index (χ1) is 12.5. The van der Waals surface area contributed by atoms with E-state index in [1.54, 1.807) is 36.4 Å². The largest absolute Gasteiger partial charge is 0.493 e. The Labute approximate surface area is 157 Å². The highest BCUT2D eigenvalue weighted by atomic mass is 79.9. The van der Waals surface area contributed by atoms with Crippen LogP contribution in [0.4, 0.5) is 0 Å². The Morgan fingerprint density at radius 3 is 2.46 bits per heavy atom. The molecule has 0 N–H and O–H groups in total.